The van der Waals surface area contributed by atoms with Crippen LogP contribution in [0.5, 0.6) is 11.5 Å². The lowest BCUT2D eigenvalue weighted by Gasteiger charge is -2.08. The molecule has 0 unspecified atom stereocenters. The average Bonchev–Trinajstić information content (AvgIpc) is 3.14. The SMILES string of the molecule is COc1ccc(OCCNC(=O)C(=O)NCCc2c[nH]c3ccccc23)cc1. The Labute approximate surface area is 163 Å². The quantitative estimate of drug-likeness (QED) is 0.411. The number of carbonyl (C=O) groups excluding carboxylic acids is 2. The van der Waals surface area contributed by atoms with E-state index < -0.39 is 11.8 Å². The summed E-state index contributed by atoms with van der Waals surface area (Å²) in [6.45, 7) is 0.887. The molecule has 0 aliphatic carbocycles. The molecule has 2 amide bonds. The first-order valence-corrected chi connectivity index (χ1v) is 9.05. The van der Waals surface area contributed by atoms with E-state index >= 15 is 0 Å². The van der Waals surface area contributed by atoms with E-state index in [0.717, 1.165) is 22.2 Å². The molecule has 1 heterocycles. The molecule has 3 aromatic rings. The zero-order chi connectivity index (χ0) is 19.8. The summed E-state index contributed by atoms with van der Waals surface area (Å²) in [6, 6.07) is 15.1. The van der Waals surface area contributed by atoms with Crippen molar-refractivity contribution in [3.63, 3.8) is 0 Å². The summed E-state index contributed by atoms with van der Waals surface area (Å²) in [7, 11) is 1.59. The molecule has 0 bridgehead atoms. The van der Waals surface area contributed by atoms with Crippen molar-refractivity contribution in [1.29, 1.82) is 0 Å². The fourth-order valence-corrected chi connectivity index (χ4v) is 2.82. The number of carbonyl (C=O) groups is 2. The summed E-state index contributed by atoms with van der Waals surface area (Å²) in [5, 5.41) is 6.30. The van der Waals surface area contributed by atoms with Gasteiger partial charge in [-0.3, -0.25) is 9.59 Å². The normalized spacial score (nSPS) is 10.5. The standard InChI is InChI=1S/C21H23N3O4/c1-27-16-6-8-17(9-7-16)28-13-12-23-21(26)20(25)22-11-10-15-14-24-19-5-3-2-4-18(15)19/h2-9,14,24H,10-13H2,1H3,(H,22,25)(H,23,26). The lowest BCUT2D eigenvalue weighted by atomic mass is 10.1. The average molecular weight is 381 g/mol. The van der Waals surface area contributed by atoms with Gasteiger partial charge in [0, 0.05) is 23.6 Å². The first kappa shape index (κ1) is 19.3. The number of nitrogens with one attached hydrogen (secondary N) is 3. The topological polar surface area (TPSA) is 92.4 Å². The van der Waals surface area contributed by atoms with Crippen LogP contribution in [0, 0.1) is 0 Å². The summed E-state index contributed by atoms with van der Waals surface area (Å²) in [6.07, 6.45) is 2.57. The largest absolute Gasteiger partial charge is 0.497 e. The molecule has 3 rings (SSSR count). The van der Waals surface area contributed by atoms with Gasteiger partial charge in [-0.2, -0.15) is 0 Å². The van der Waals surface area contributed by atoms with Gasteiger partial charge in [0.25, 0.3) is 0 Å². The summed E-state index contributed by atoms with van der Waals surface area (Å²) >= 11 is 0. The third-order valence-electron chi connectivity index (χ3n) is 4.28. The van der Waals surface area contributed by atoms with E-state index in [9.17, 15) is 9.59 Å². The molecule has 1 aromatic heterocycles. The minimum absolute atomic E-state index is 0.237. The highest BCUT2D eigenvalue weighted by molar-refractivity contribution is 6.35. The van der Waals surface area contributed by atoms with Crippen LogP contribution >= 0.6 is 0 Å². The van der Waals surface area contributed by atoms with Crippen LogP contribution in [0.25, 0.3) is 10.9 Å². The Morgan fingerprint density at radius 2 is 1.61 bits per heavy atom. The van der Waals surface area contributed by atoms with Crippen LogP contribution in [-0.4, -0.2) is 43.6 Å². The van der Waals surface area contributed by atoms with E-state index in [-0.39, 0.29) is 13.2 Å². The monoisotopic (exact) mass is 381 g/mol. The summed E-state index contributed by atoms with van der Waals surface area (Å²) in [5.41, 5.74) is 2.16. The Morgan fingerprint density at radius 3 is 2.36 bits per heavy atom. The lowest BCUT2D eigenvalue weighted by molar-refractivity contribution is -0.139. The van der Waals surface area contributed by atoms with Gasteiger partial charge in [0.2, 0.25) is 0 Å². The number of ether oxygens (including phenoxy) is 2. The van der Waals surface area contributed by atoms with Crippen molar-refractivity contribution in [1.82, 2.24) is 15.6 Å². The van der Waals surface area contributed by atoms with Crippen molar-refractivity contribution >= 4 is 22.7 Å². The maximum atomic E-state index is 11.9. The number of hydrogen-bond donors (Lipinski definition) is 3. The number of rotatable bonds is 8. The smallest absolute Gasteiger partial charge is 0.309 e. The fraction of sp³-hybridized carbons (Fsp3) is 0.238. The molecular formula is C21H23N3O4. The number of amides is 2. The number of benzene rings is 2. The van der Waals surface area contributed by atoms with Gasteiger partial charge in [0.15, 0.2) is 0 Å². The van der Waals surface area contributed by atoms with Crippen molar-refractivity contribution in [2.75, 3.05) is 26.8 Å². The van der Waals surface area contributed by atoms with Crippen molar-refractivity contribution in [3.8, 4) is 11.5 Å². The third kappa shape index (κ3) is 5.03. The Hall–Kier alpha value is -3.48. The molecule has 0 spiro atoms. The molecule has 2 aromatic carbocycles. The van der Waals surface area contributed by atoms with E-state index in [1.165, 1.54) is 0 Å². The Kier molecular flexibility index (Phi) is 6.51. The second-order valence-corrected chi connectivity index (χ2v) is 6.15. The first-order valence-electron chi connectivity index (χ1n) is 9.05. The van der Waals surface area contributed by atoms with Crippen LogP contribution in [-0.2, 0) is 16.0 Å². The maximum Gasteiger partial charge on any atom is 0.309 e. The van der Waals surface area contributed by atoms with Gasteiger partial charge in [-0.05, 0) is 42.3 Å². The molecular weight excluding hydrogens is 358 g/mol. The van der Waals surface area contributed by atoms with Crippen LogP contribution in [0.2, 0.25) is 0 Å². The van der Waals surface area contributed by atoms with Crippen LogP contribution in [0.1, 0.15) is 5.56 Å². The minimum atomic E-state index is -0.669. The number of aromatic amines is 1. The minimum Gasteiger partial charge on any atom is -0.497 e. The first-order chi connectivity index (χ1) is 13.7. The number of hydrogen-bond acceptors (Lipinski definition) is 4. The fourth-order valence-electron chi connectivity index (χ4n) is 2.82. The van der Waals surface area contributed by atoms with Crippen LogP contribution in [0.4, 0.5) is 0 Å². The summed E-state index contributed by atoms with van der Waals surface area (Å²) in [4.78, 5) is 26.9. The van der Waals surface area contributed by atoms with Crippen molar-refractivity contribution in [2.24, 2.45) is 0 Å². The van der Waals surface area contributed by atoms with E-state index in [1.54, 1.807) is 31.4 Å². The highest BCUT2D eigenvalue weighted by Gasteiger charge is 2.12. The van der Waals surface area contributed by atoms with E-state index in [4.69, 9.17) is 9.47 Å². The molecule has 0 aliphatic heterocycles. The zero-order valence-corrected chi connectivity index (χ0v) is 15.7. The third-order valence-corrected chi connectivity index (χ3v) is 4.28. The Morgan fingerprint density at radius 1 is 0.929 bits per heavy atom. The van der Waals surface area contributed by atoms with Gasteiger partial charge in [-0.1, -0.05) is 18.2 Å². The van der Waals surface area contributed by atoms with E-state index in [0.29, 0.717) is 18.7 Å². The van der Waals surface area contributed by atoms with Crippen molar-refractivity contribution < 1.29 is 19.1 Å². The van der Waals surface area contributed by atoms with Gasteiger partial charge in [-0.25, -0.2) is 0 Å². The molecule has 3 N–H and O–H groups in total. The second-order valence-electron chi connectivity index (χ2n) is 6.15. The lowest BCUT2D eigenvalue weighted by Crippen LogP contribution is -2.42. The zero-order valence-electron chi connectivity index (χ0n) is 15.7. The molecule has 0 saturated carbocycles. The Bertz CT molecular complexity index is 934. The number of H-pyrrole nitrogens is 1. The van der Waals surface area contributed by atoms with Gasteiger partial charge in [0.05, 0.1) is 13.7 Å². The molecule has 7 heteroatoms. The number of aromatic nitrogens is 1. The van der Waals surface area contributed by atoms with Crippen molar-refractivity contribution in [2.45, 2.75) is 6.42 Å². The van der Waals surface area contributed by atoms with Crippen molar-refractivity contribution in [3.05, 3.63) is 60.3 Å². The van der Waals surface area contributed by atoms with E-state index in [1.807, 2.05) is 30.5 Å². The summed E-state index contributed by atoms with van der Waals surface area (Å²) in [5.74, 6) is 0.0877. The molecule has 0 atom stereocenters. The molecule has 0 radical (unpaired) electrons. The maximum absolute atomic E-state index is 11.9. The molecule has 0 aliphatic rings. The molecule has 146 valence electrons. The molecule has 7 nitrogen and oxygen atoms in total. The van der Waals surface area contributed by atoms with Crippen LogP contribution in [0.15, 0.2) is 54.7 Å². The van der Waals surface area contributed by atoms with Crippen LogP contribution in [0.3, 0.4) is 0 Å². The van der Waals surface area contributed by atoms with E-state index in [2.05, 4.69) is 15.6 Å². The van der Waals surface area contributed by atoms with Gasteiger partial charge in [0.1, 0.15) is 18.1 Å². The molecule has 0 saturated heterocycles. The highest BCUT2D eigenvalue weighted by atomic mass is 16.5. The number of para-hydroxylation sites is 1. The Balaban J connectivity index is 1.34. The number of fused-ring (bicyclic) bond motifs is 1. The molecule has 0 fully saturated rings. The van der Waals surface area contributed by atoms with Crippen LogP contribution < -0.4 is 20.1 Å². The summed E-state index contributed by atoms with van der Waals surface area (Å²) < 4.78 is 10.6. The van der Waals surface area contributed by atoms with Gasteiger partial charge in [-0.15, -0.1) is 0 Å². The van der Waals surface area contributed by atoms with Gasteiger partial charge < -0.3 is 25.1 Å². The molecule has 28 heavy (non-hydrogen) atoms. The predicted molar refractivity (Wildman–Crippen MR) is 107 cm³/mol. The van der Waals surface area contributed by atoms with Gasteiger partial charge >= 0.3 is 11.8 Å². The number of methoxy groups -OCH3 is 1. The predicted octanol–water partition coefficient (Wildman–Crippen LogP) is 2.03. The second kappa shape index (κ2) is 9.45. The highest BCUT2D eigenvalue weighted by Crippen LogP contribution is 2.18.